The average Bonchev–Trinajstić information content (AvgIpc) is 3.08. The van der Waals surface area contributed by atoms with E-state index in [0.717, 1.165) is 11.8 Å². The van der Waals surface area contributed by atoms with Crippen LogP contribution in [-0.2, 0) is 49.3 Å². The van der Waals surface area contributed by atoms with Gasteiger partial charge in [0, 0.05) is 59.0 Å². The van der Waals surface area contributed by atoms with E-state index in [0.29, 0.717) is 104 Å². The molecule has 0 aliphatic carbocycles. The van der Waals surface area contributed by atoms with E-state index in [4.69, 9.17) is 28.4 Å². The van der Waals surface area contributed by atoms with E-state index in [1.807, 2.05) is 50.8 Å². The van der Waals surface area contributed by atoms with Crippen molar-refractivity contribution in [3.05, 3.63) is 29.8 Å². The van der Waals surface area contributed by atoms with Crippen LogP contribution in [0.3, 0.4) is 0 Å². The van der Waals surface area contributed by atoms with Gasteiger partial charge in [-0.2, -0.15) is 0 Å². The van der Waals surface area contributed by atoms with Crippen LogP contribution in [0.2, 0.25) is 0 Å². The summed E-state index contributed by atoms with van der Waals surface area (Å²) in [6, 6.07) is 6.48. The fourth-order valence-corrected chi connectivity index (χ4v) is 5.08. The minimum absolute atomic E-state index is 0.0279. The third-order valence-electron chi connectivity index (χ3n) is 7.89. The molecule has 15 nitrogen and oxygen atoms in total. The van der Waals surface area contributed by atoms with Gasteiger partial charge >= 0.3 is 17.9 Å². The number of carboxylic acid groups (broad SMARTS) is 1. The SMILES string of the molecule is CCOCCOCCOCCOc1ccc(C[C@H](C(=O)O)N2CCN(CC=O)CCN(CC(=O)OC)CCN(CC(=O)OC)CC2)cc1. The van der Waals surface area contributed by atoms with E-state index in [1.54, 1.807) is 0 Å². The predicted molar refractivity (Wildman–Crippen MR) is 176 cm³/mol. The lowest BCUT2D eigenvalue weighted by atomic mass is 10.0. The summed E-state index contributed by atoms with van der Waals surface area (Å²) in [7, 11) is 2.66. The number of hydrogen-bond acceptors (Lipinski definition) is 14. The monoisotopic (exact) mass is 682 g/mol. The molecule has 1 aliphatic heterocycles. The van der Waals surface area contributed by atoms with Gasteiger partial charge in [0.05, 0.1) is 66.9 Å². The minimum atomic E-state index is -0.966. The van der Waals surface area contributed by atoms with Crippen molar-refractivity contribution in [3.8, 4) is 5.75 Å². The molecule has 1 N–H and O–H groups in total. The first-order valence-electron chi connectivity index (χ1n) is 16.5. The number of hydrogen-bond donors (Lipinski definition) is 1. The maximum Gasteiger partial charge on any atom is 0.321 e. The largest absolute Gasteiger partial charge is 0.491 e. The second-order valence-electron chi connectivity index (χ2n) is 11.2. The number of ether oxygens (including phenoxy) is 6. The van der Waals surface area contributed by atoms with Gasteiger partial charge in [-0.05, 0) is 31.0 Å². The van der Waals surface area contributed by atoms with Gasteiger partial charge in [-0.1, -0.05) is 12.1 Å². The van der Waals surface area contributed by atoms with Crippen molar-refractivity contribution in [3.63, 3.8) is 0 Å². The van der Waals surface area contributed by atoms with Crippen LogP contribution in [0.4, 0.5) is 0 Å². The maximum atomic E-state index is 12.6. The number of carboxylic acids is 1. The van der Waals surface area contributed by atoms with Crippen LogP contribution in [0, 0.1) is 0 Å². The summed E-state index contributed by atoms with van der Waals surface area (Å²) in [5, 5.41) is 10.3. The number of nitrogens with zero attached hydrogens (tertiary/aromatic N) is 4. The number of aldehydes is 1. The lowest BCUT2D eigenvalue weighted by Gasteiger charge is -2.35. The molecule has 0 saturated carbocycles. The smallest absolute Gasteiger partial charge is 0.321 e. The molecule has 15 heteroatoms. The van der Waals surface area contributed by atoms with Crippen molar-refractivity contribution in [2.24, 2.45) is 0 Å². The van der Waals surface area contributed by atoms with Crippen molar-refractivity contribution in [2.45, 2.75) is 19.4 Å². The number of esters is 2. The van der Waals surface area contributed by atoms with Gasteiger partial charge in [0.1, 0.15) is 24.7 Å². The summed E-state index contributed by atoms with van der Waals surface area (Å²) in [5.41, 5.74) is 0.830. The van der Waals surface area contributed by atoms with Gasteiger partial charge in [0.15, 0.2) is 0 Å². The number of aliphatic carboxylic acids is 1. The van der Waals surface area contributed by atoms with Gasteiger partial charge in [-0.25, -0.2) is 0 Å². The fraction of sp³-hybridized carbons (Fsp3) is 0.697. The molecule has 0 aromatic heterocycles. The Morgan fingerprint density at radius 2 is 1.21 bits per heavy atom. The highest BCUT2D eigenvalue weighted by molar-refractivity contribution is 5.74. The van der Waals surface area contributed by atoms with E-state index in [9.17, 15) is 24.3 Å². The first kappa shape index (κ1) is 41.0. The van der Waals surface area contributed by atoms with Gasteiger partial charge in [-0.15, -0.1) is 0 Å². The van der Waals surface area contributed by atoms with Gasteiger partial charge in [0.25, 0.3) is 0 Å². The zero-order valence-corrected chi connectivity index (χ0v) is 28.7. The summed E-state index contributed by atoms with van der Waals surface area (Å²) >= 11 is 0. The number of rotatable bonds is 21. The van der Waals surface area contributed by atoms with Crippen LogP contribution < -0.4 is 4.74 Å². The lowest BCUT2D eigenvalue weighted by Crippen LogP contribution is -2.52. The summed E-state index contributed by atoms with van der Waals surface area (Å²) in [6.45, 7) is 9.18. The highest BCUT2D eigenvalue weighted by Crippen LogP contribution is 2.16. The Morgan fingerprint density at radius 1 is 0.729 bits per heavy atom. The standard InChI is InChI=1S/C33H54N4O11/c1-4-45-19-20-46-21-22-47-23-24-48-29-7-5-28(6-8-29)25-30(33(41)42)37-15-13-34(17-18-38)9-10-35(26-31(39)43-2)11-12-36(14-16-37)27-32(40)44-3/h5-8,18,30H,4,9-17,19-27H2,1-3H3,(H,41,42)/t30-/m1/s1. The topological polar surface area (TPSA) is 157 Å². The van der Waals surface area contributed by atoms with Crippen molar-refractivity contribution in [1.82, 2.24) is 19.6 Å². The van der Waals surface area contributed by atoms with Crippen LogP contribution >= 0.6 is 0 Å². The Labute approximate surface area is 283 Å². The van der Waals surface area contributed by atoms with Crippen molar-refractivity contribution in [1.29, 1.82) is 0 Å². The highest BCUT2D eigenvalue weighted by Gasteiger charge is 2.28. The molecular formula is C33H54N4O11. The number of carbonyl (C=O) groups is 4. The molecule has 272 valence electrons. The summed E-state index contributed by atoms with van der Waals surface area (Å²) in [6.07, 6.45) is 1.07. The van der Waals surface area contributed by atoms with Crippen LogP contribution in [0.25, 0.3) is 0 Å². The van der Waals surface area contributed by atoms with Gasteiger partial charge < -0.3 is 38.3 Å². The van der Waals surface area contributed by atoms with Crippen LogP contribution in [0.1, 0.15) is 12.5 Å². The Kier molecular flexibility index (Phi) is 21.3. The highest BCUT2D eigenvalue weighted by atomic mass is 16.6. The molecule has 1 aliphatic rings. The van der Waals surface area contributed by atoms with Crippen LogP contribution in [-0.4, -0.2) is 187 Å². The third-order valence-corrected chi connectivity index (χ3v) is 7.89. The van der Waals surface area contributed by atoms with Crippen molar-refractivity contribution < 1.29 is 52.7 Å². The summed E-state index contributed by atoms with van der Waals surface area (Å²) in [5.74, 6) is -1.10. The molecule has 0 spiro atoms. The van der Waals surface area contributed by atoms with E-state index >= 15 is 0 Å². The molecule has 1 aromatic carbocycles. The lowest BCUT2D eigenvalue weighted by molar-refractivity contribution is -0.145. The Balaban J connectivity index is 2.04. The molecule has 2 rings (SSSR count). The Bertz CT molecular complexity index is 1060. The first-order chi connectivity index (χ1) is 23.3. The second kappa shape index (κ2) is 24.9. The van der Waals surface area contributed by atoms with Crippen molar-refractivity contribution >= 4 is 24.2 Å². The molecule has 1 heterocycles. The molecule has 1 saturated heterocycles. The summed E-state index contributed by atoms with van der Waals surface area (Å²) < 4.78 is 31.7. The number of carbonyl (C=O) groups excluding carboxylic acids is 3. The quantitative estimate of drug-likeness (QED) is 0.104. The molecule has 0 unspecified atom stereocenters. The molecule has 1 aromatic rings. The van der Waals surface area contributed by atoms with E-state index in [-0.39, 0.29) is 32.0 Å². The van der Waals surface area contributed by atoms with Gasteiger partial charge in [0.2, 0.25) is 0 Å². The Hall–Kier alpha value is -3.18. The predicted octanol–water partition coefficient (Wildman–Crippen LogP) is -0.103. The molecule has 48 heavy (non-hydrogen) atoms. The molecule has 1 atom stereocenters. The molecule has 1 fully saturated rings. The zero-order chi connectivity index (χ0) is 35.0. The number of benzene rings is 1. The normalized spacial score (nSPS) is 16.7. The third kappa shape index (κ3) is 17.3. The Morgan fingerprint density at radius 3 is 1.71 bits per heavy atom. The summed E-state index contributed by atoms with van der Waals surface area (Å²) in [4.78, 5) is 56.0. The molecule has 0 radical (unpaired) electrons. The average molecular weight is 683 g/mol. The minimum Gasteiger partial charge on any atom is -0.491 e. The van der Waals surface area contributed by atoms with Gasteiger partial charge in [-0.3, -0.25) is 34.0 Å². The molecule has 0 amide bonds. The first-order valence-corrected chi connectivity index (χ1v) is 16.5. The maximum absolute atomic E-state index is 12.6. The molecular weight excluding hydrogens is 628 g/mol. The van der Waals surface area contributed by atoms with E-state index in [2.05, 4.69) is 0 Å². The van der Waals surface area contributed by atoms with Crippen LogP contribution in [0.15, 0.2) is 24.3 Å². The second-order valence-corrected chi connectivity index (χ2v) is 11.2. The van der Waals surface area contributed by atoms with Crippen molar-refractivity contribution in [2.75, 3.05) is 132 Å². The van der Waals surface area contributed by atoms with E-state index < -0.39 is 18.0 Å². The number of methoxy groups -OCH3 is 2. The van der Waals surface area contributed by atoms with Crippen LogP contribution in [0.5, 0.6) is 5.75 Å². The van der Waals surface area contributed by atoms with E-state index in [1.165, 1.54) is 14.2 Å². The zero-order valence-electron chi connectivity index (χ0n) is 28.7. The fourth-order valence-electron chi connectivity index (χ4n) is 5.08. The molecule has 0 bridgehead atoms.